The molecule has 0 aromatic carbocycles. The first-order valence-electron chi connectivity index (χ1n) is 8.13. The van der Waals surface area contributed by atoms with Crippen molar-refractivity contribution in [1.29, 1.82) is 0 Å². The molecule has 23 heavy (non-hydrogen) atoms. The third kappa shape index (κ3) is 3.54. The van der Waals surface area contributed by atoms with Gasteiger partial charge >= 0.3 is 0 Å². The Hall–Kier alpha value is 0.800. The molecule has 2 aliphatic heterocycles. The molecular formula is C17H30Br2O4. The van der Waals surface area contributed by atoms with Crippen LogP contribution in [-0.4, -0.2) is 48.7 Å². The molecule has 2 rings (SSSR count). The number of rotatable bonds is 2. The topological polar surface area (TPSA) is 36.9 Å². The van der Waals surface area contributed by atoms with E-state index in [1.165, 1.54) is 0 Å². The van der Waals surface area contributed by atoms with Crippen molar-refractivity contribution in [1.82, 2.24) is 0 Å². The maximum atomic E-state index is 6.22. The minimum atomic E-state index is -0.605. The smallest absolute Gasteiger partial charge is 0.182 e. The predicted molar refractivity (Wildman–Crippen MR) is 98.2 cm³/mol. The Morgan fingerprint density at radius 2 is 0.913 bits per heavy atom. The molecule has 2 heterocycles. The summed E-state index contributed by atoms with van der Waals surface area (Å²) in [5, 5.41) is 1.29. The van der Waals surface area contributed by atoms with E-state index < -0.39 is 11.6 Å². The van der Waals surface area contributed by atoms with Gasteiger partial charge in [0.05, 0.1) is 42.5 Å². The van der Waals surface area contributed by atoms with Crippen LogP contribution in [0.15, 0.2) is 0 Å². The molecule has 0 aliphatic carbocycles. The van der Waals surface area contributed by atoms with Crippen LogP contribution in [0.5, 0.6) is 0 Å². The molecule has 136 valence electrons. The lowest BCUT2D eigenvalue weighted by Crippen LogP contribution is -2.64. The zero-order chi connectivity index (χ0) is 17.6. The molecule has 4 nitrogen and oxygen atoms in total. The molecule has 0 atom stereocenters. The normalized spacial score (nSPS) is 39.7. The monoisotopic (exact) mass is 456 g/mol. The summed E-state index contributed by atoms with van der Waals surface area (Å²) in [6.45, 7) is 15.1. The number of alkyl halides is 2. The first kappa shape index (κ1) is 20.1. The third-order valence-corrected chi connectivity index (χ3v) is 6.56. The Balaban J connectivity index is 2.07. The zero-order valence-corrected chi connectivity index (χ0v) is 18.3. The van der Waals surface area contributed by atoms with Crippen LogP contribution in [-0.2, 0) is 18.9 Å². The number of ether oxygens (including phenoxy) is 4. The summed E-state index contributed by atoms with van der Waals surface area (Å²) in [6, 6.07) is 0. The Morgan fingerprint density at radius 1 is 0.652 bits per heavy atom. The SMILES string of the molecule is CC(C)(C)C1(CBr)OCC2(CO1)COC(CBr)(C(C)(C)C)OC2. The van der Waals surface area contributed by atoms with Crippen molar-refractivity contribution < 1.29 is 18.9 Å². The zero-order valence-electron chi connectivity index (χ0n) is 15.1. The summed E-state index contributed by atoms with van der Waals surface area (Å²) >= 11 is 7.11. The lowest BCUT2D eigenvalue weighted by molar-refractivity contribution is -0.389. The van der Waals surface area contributed by atoms with E-state index in [1.54, 1.807) is 0 Å². The van der Waals surface area contributed by atoms with Crippen LogP contribution >= 0.6 is 31.9 Å². The highest BCUT2D eigenvalue weighted by Crippen LogP contribution is 2.47. The Labute approximate surface area is 157 Å². The fourth-order valence-corrected chi connectivity index (χ4v) is 5.16. The van der Waals surface area contributed by atoms with Crippen LogP contribution in [0.1, 0.15) is 41.5 Å². The lowest BCUT2D eigenvalue weighted by Gasteiger charge is -2.55. The van der Waals surface area contributed by atoms with Crippen molar-refractivity contribution in [3.05, 3.63) is 0 Å². The molecule has 2 saturated heterocycles. The number of halogens is 2. The fraction of sp³-hybridized carbons (Fsp3) is 1.00. The second kappa shape index (κ2) is 6.51. The number of hydrogen-bond donors (Lipinski definition) is 0. The molecule has 0 bridgehead atoms. The van der Waals surface area contributed by atoms with Crippen LogP contribution < -0.4 is 0 Å². The van der Waals surface area contributed by atoms with Gasteiger partial charge in [-0.05, 0) is 0 Å². The van der Waals surface area contributed by atoms with Crippen LogP contribution in [0.2, 0.25) is 0 Å². The van der Waals surface area contributed by atoms with Crippen molar-refractivity contribution in [2.75, 3.05) is 37.1 Å². The largest absolute Gasteiger partial charge is 0.348 e. The molecule has 0 amide bonds. The van der Waals surface area contributed by atoms with Crippen LogP contribution in [0.3, 0.4) is 0 Å². The third-order valence-electron chi connectivity index (χ3n) is 5.08. The predicted octanol–water partition coefficient (Wildman–Crippen LogP) is 4.34. The van der Waals surface area contributed by atoms with Gasteiger partial charge in [-0.1, -0.05) is 73.4 Å². The van der Waals surface area contributed by atoms with Gasteiger partial charge in [-0.2, -0.15) is 0 Å². The summed E-state index contributed by atoms with van der Waals surface area (Å²) in [5.74, 6) is -1.21. The minimum absolute atomic E-state index is 0.112. The van der Waals surface area contributed by atoms with E-state index >= 15 is 0 Å². The molecular weight excluding hydrogens is 428 g/mol. The molecule has 2 fully saturated rings. The summed E-state index contributed by atoms with van der Waals surface area (Å²) in [5.41, 5.74) is -0.452. The molecule has 0 aromatic heterocycles. The van der Waals surface area contributed by atoms with Crippen molar-refractivity contribution in [2.45, 2.75) is 53.1 Å². The summed E-state index contributed by atoms with van der Waals surface area (Å²) < 4.78 is 24.9. The molecule has 1 spiro atoms. The van der Waals surface area contributed by atoms with Crippen LogP contribution in [0, 0.1) is 16.2 Å². The quantitative estimate of drug-likeness (QED) is 0.578. The first-order chi connectivity index (χ1) is 10.4. The van der Waals surface area contributed by atoms with Crippen LogP contribution in [0.25, 0.3) is 0 Å². The van der Waals surface area contributed by atoms with Gasteiger partial charge in [0.15, 0.2) is 11.6 Å². The molecule has 0 aromatic rings. The van der Waals surface area contributed by atoms with Crippen molar-refractivity contribution in [3.8, 4) is 0 Å². The molecule has 0 unspecified atom stereocenters. The number of hydrogen-bond acceptors (Lipinski definition) is 4. The molecule has 0 radical (unpaired) electrons. The van der Waals surface area contributed by atoms with Crippen molar-refractivity contribution in [3.63, 3.8) is 0 Å². The minimum Gasteiger partial charge on any atom is -0.348 e. The standard InChI is InChI=1S/C17H30Br2O4/c1-13(2,3)16(7-18)20-9-15(10-21-16)11-22-17(8-19,23-12-15)14(4,5)6/h7-12H2,1-6H3. The maximum absolute atomic E-state index is 6.22. The summed E-state index contributed by atoms with van der Waals surface area (Å²) in [4.78, 5) is 0. The van der Waals surface area contributed by atoms with Gasteiger partial charge in [-0.3, -0.25) is 0 Å². The highest BCUT2D eigenvalue weighted by atomic mass is 79.9. The first-order valence-corrected chi connectivity index (χ1v) is 10.4. The summed E-state index contributed by atoms with van der Waals surface area (Å²) in [7, 11) is 0. The highest BCUT2D eigenvalue weighted by molar-refractivity contribution is 9.09. The Morgan fingerprint density at radius 3 is 1.09 bits per heavy atom. The van der Waals surface area contributed by atoms with Crippen molar-refractivity contribution in [2.24, 2.45) is 16.2 Å². The van der Waals surface area contributed by atoms with Crippen molar-refractivity contribution >= 4 is 31.9 Å². The van der Waals surface area contributed by atoms with E-state index in [9.17, 15) is 0 Å². The van der Waals surface area contributed by atoms with Gasteiger partial charge < -0.3 is 18.9 Å². The molecule has 2 aliphatic rings. The Bertz CT molecular complexity index is 366. The van der Waals surface area contributed by atoms with E-state index in [0.29, 0.717) is 37.1 Å². The fourth-order valence-electron chi connectivity index (χ4n) is 2.83. The maximum Gasteiger partial charge on any atom is 0.182 e. The van der Waals surface area contributed by atoms with Gasteiger partial charge in [0.25, 0.3) is 0 Å². The molecule has 0 N–H and O–H groups in total. The van der Waals surface area contributed by atoms with E-state index in [-0.39, 0.29) is 16.2 Å². The molecule has 0 saturated carbocycles. The van der Waals surface area contributed by atoms with Crippen LogP contribution in [0.4, 0.5) is 0 Å². The highest BCUT2D eigenvalue weighted by Gasteiger charge is 2.56. The second-order valence-corrected chi connectivity index (χ2v) is 10.0. The van der Waals surface area contributed by atoms with E-state index in [0.717, 1.165) is 0 Å². The second-order valence-electron chi connectivity index (χ2n) is 8.93. The van der Waals surface area contributed by atoms with Gasteiger partial charge in [-0.25, -0.2) is 0 Å². The van der Waals surface area contributed by atoms with E-state index in [4.69, 9.17) is 18.9 Å². The summed E-state index contributed by atoms with van der Waals surface area (Å²) in [6.07, 6.45) is 0. The Kier molecular flexibility index (Phi) is 5.69. The lowest BCUT2D eigenvalue weighted by atomic mass is 9.81. The van der Waals surface area contributed by atoms with Gasteiger partial charge in [0.2, 0.25) is 0 Å². The van der Waals surface area contributed by atoms with Gasteiger partial charge in [0, 0.05) is 10.8 Å². The van der Waals surface area contributed by atoms with Gasteiger partial charge in [-0.15, -0.1) is 0 Å². The molecule has 6 heteroatoms. The van der Waals surface area contributed by atoms with E-state index in [2.05, 4.69) is 73.4 Å². The average Bonchev–Trinajstić information content (AvgIpc) is 2.47. The van der Waals surface area contributed by atoms with E-state index in [1.807, 2.05) is 0 Å². The average molecular weight is 458 g/mol. The van der Waals surface area contributed by atoms with Gasteiger partial charge in [0.1, 0.15) is 0 Å².